The van der Waals surface area contributed by atoms with Crippen molar-refractivity contribution in [3.63, 3.8) is 0 Å². The minimum Gasteiger partial charge on any atom is -0.369 e. The van der Waals surface area contributed by atoms with E-state index in [0.29, 0.717) is 0 Å². The maximum Gasteiger partial charge on any atom is 0.144 e. The molecule has 1 fully saturated rings. The van der Waals surface area contributed by atoms with Crippen LogP contribution in [0.3, 0.4) is 0 Å². The number of likely N-dealkylation sites (tertiary alicyclic amines) is 1. The highest BCUT2D eigenvalue weighted by Crippen LogP contribution is 2.15. The summed E-state index contributed by atoms with van der Waals surface area (Å²) < 4.78 is 0. The van der Waals surface area contributed by atoms with Crippen LogP contribution in [-0.2, 0) is 6.54 Å². The van der Waals surface area contributed by atoms with Crippen LogP contribution in [0.25, 0.3) is 0 Å². The quantitative estimate of drug-likeness (QED) is 0.871. The Labute approximate surface area is 116 Å². The Hall–Kier alpha value is -1.20. The Balaban J connectivity index is 1.82. The lowest BCUT2D eigenvalue weighted by atomic mass is 10.0. The molecule has 0 aromatic carbocycles. The van der Waals surface area contributed by atoms with Crippen molar-refractivity contribution in [1.82, 2.24) is 19.8 Å². The molecule has 1 N–H and O–H groups in total. The Morgan fingerprint density at radius 2 is 2.00 bits per heavy atom. The van der Waals surface area contributed by atoms with Gasteiger partial charge < -0.3 is 10.2 Å². The maximum absolute atomic E-state index is 4.47. The van der Waals surface area contributed by atoms with E-state index in [-0.39, 0.29) is 0 Å². The molecule has 1 aliphatic rings. The van der Waals surface area contributed by atoms with Gasteiger partial charge in [-0.15, -0.1) is 0 Å². The average molecular weight is 263 g/mol. The van der Waals surface area contributed by atoms with Crippen molar-refractivity contribution in [3.8, 4) is 0 Å². The molecule has 19 heavy (non-hydrogen) atoms. The van der Waals surface area contributed by atoms with Crippen LogP contribution in [0.15, 0.2) is 12.4 Å². The van der Waals surface area contributed by atoms with Gasteiger partial charge in [0.2, 0.25) is 0 Å². The Morgan fingerprint density at radius 3 is 2.53 bits per heavy atom. The number of aromatic nitrogens is 2. The average Bonchev–Trinajstić information content (AvgIpc) is 2.42. The molecular formula is C14H25N5. The van der Waals surface area contributed by atoms with E-state index < -0.39 is 0 Å². The van der Waals surface area contributed by atoms with Crippen LogP contribution in [0.1, 0.15) is 25.5 Å². The van der Waals surface area contributed by atoms with Crippen LogP contribution in [0.5, 0.6) is 0 Å². The van der Waals surface area contributed by atoms with E-state index in [0.717, 1.165) is 43.7 Å². The molecule has 0 amide bonds. The second kappa shape index (κ2) is 6.82. The molecule has 1 saturated heterocycles. The van der Waals surface area contributed by atoms with E-state index in [9.17, 15) is 0 Å². The summed E-state index contributed by atoms with van der Waals surface area (Å²) in [4.78, 5) is 13.6. The number of hydrogen-bond acceptors (Lipinski definition) is 5. The van der Waals surface area contributed by atoms with Crippen LogP contribution < -0.4 is 5.32 Å². The minimum atomic E-state index is 0.735. The third kappa shape index (κ3) is 4.14. The summed E-state index contributed by atoms with van der Waals surface area (Å²) in [6, 6.07) is 0.735. The highest BCUT2D eigenvalue weighted by Gasteiger charge is 2.20. The van der Waals surface area contributed by atoms with E-state index in [1.165, 1.54) is 12.8 Å². The van der Waals surface area contributed by atoms with E-state index in [4.69, 9.17) is 0 Å². The topological polar surface area (TPSA) is 44.3 Å². The first-order chi connectivity index (χ1) is 9.19. The van der Waals surface area contributed by atoms with Crippen molar-refractivity contribution in [2.45, 2.75) is 32.4 Å². The van der Waals surface area contributed by atoms with Crippen molar-refractivity contribution in [2.75, 3.05) is 39.0 Å². The highest BCUT2D eigenvalue weighted by molar-refractivity contribution is 5.30. The molecular weight excluding hydrogens is 238 g/mol. The summed E-state index contributed by atoms with van der Waals surface area (Å²) in [5.41, 5.74) is 1.06. The first-order valence-corrected chi connectivity index (χ1v) is 7.12. The highest BCUT2D eigenvalue weighted by atomic mass is 15.2. The van der Waals surface area contributed by atoms with Crippen molar-refractivity contribution in [1.29, 1.82) is 0 Å². The van der Waals surface area contributed by atoms with Gasteiger partial charge in [-0.3, -0.25) is 9.88 Å². The van der Waals surface area contributed by atoms with E-state index in [2.05, 4.69) is 46.1 Å². The normalized spacial score (nSPS) is 17.9. The summed E-state index contributed by atoms with van der Waals surface area (Å²) >= 11 is 0. The Morgan fingerprint density at radius 1 is 1.26 bits per heavy atom. The number of nitrogens with one attached hydrogen (secondary N) is 1. The summed E-state index contributed by atoms with van der Waals surface area (Å²) in [7, 11) is 4.34. The summed E-state index contributed by atoms with van der Waals surface area (Å²) in [5, 5.41) is 3.16. The van der Waals surface area contributed by atoms with Crippen LogP contribution in [0, 0.1) is 0 Å². The molecule has 1 aromatic heterocycles. The van der Waals surface area contributed by atoms with Crippen molar-refractivity contribution >= 4 is 5.82 Å². The SMILES string of the molecule is CCNc1cnc(CN2CCC(N(C)C)CC2)cn1. The lowest BCUT2D eigenvalue weighted by Gasteiger charge is -2.34. The third-order valence-electron chi connectivity index (χ3n) is 3.74. The second-order valence-corrected chi connectivity index (χ2v) is 5.39. The number of nitrogens with zero attached hydrogens (tertiary/aromatic N) is 4. The lowest BCUT2D eigenvalue weighted by Crippen LogP contribution is -2.41. The molecule has 0 aliphatic carbocycles. The Kier molecular flexibility index (Phi) is 5.10. The summed E-state index contributed by atoms with van der Waals surface area (Å²) in [6.45, 7) is 6.16. The van der Waals surface area contributed by atoms with E-state index in [1.807, 2.05) is 12.4 Å². The summed E-state index contributed by atoms with van der Waals surface area (Å²) in [5.74, 6) is 0.859. The molecule has 106 valence electrons. The number of piperidine rings is 1. The molecule has 1 aromatic rings. The first kappa shape index (κ1) is 14.2. The fourth-order valence-electron chi connectivity index (χ4n) is 2.53. The van der Waals surface area contributed by atoms with Crippen molar-refractivity contribution < 1.29 is 0 Å². The third-order valence-corrected chi connectivity index (χ3v) is 3.74. The van der Waals surface area contributed by atoms with Crippen LogP contribution >= 0.6 is 0 Å². The molecule has 2 heterocycles. The van der Waals surface area contributed by atoms with Gasteiger partial charge in [-0.25, -0.2) is 4.98 Å². The molecule has 0 atom stereocenters. The number of hydrogen-bond donors (Lipinski definition) is 1. The van der Waals surface area contributed by atoms with Crippen LogP contribution in [0.2, 0.25) is 0 Å². The van der Waals surface area contributed by atoms with Gasteiger partial charge in [0.25, 0.3) is 0 Å². The minimum absolute atomic E-state index is 0.735. The van der Waals surface area contributed by atoms with Crippen molar-refractivity contribution in [2.24, 2.45) is 0 Å². The van der Waals surface area contributed by atoms with Gasteiger partial charge in [0.15, 0.2) is 0 Å². The van der Waals surface area contributed by atoms with Gasteiger partial charge in [-0.2, -0.15) is 0 Å². The van der Waals surface area contributed by atoms with Gasteiger partial charge in [-0.1, -0.05) is 0 Å². The molecule has 0 spiro atoms. The largest absolute Gasteiger partial charge is 0.369 e. The molecule has 0 radical (unpaired) electrons. The molecule has 0 saturated carbocycles. The number of rotatable bonds is 5. The fourth-order valence-corrected chi connectivity index (χ4v) is 2.53. The lowest BCUT2D eigenvalue weighted by molar-refractivity contribution is 0.139. The van der Waals surface area contributed by atoms with Crippen molar-refractivity contribution in [3.05, 3.63) is 18.1 Å². The number of anilines is 1. The molecule has 2 rings (SSSR count). The summed E-state index contributed by atoms with van der Waals surface area (Å²) in [6.07, 6.45) is 6.20. The smallest absolute Gasteiger partial charge is 0.144 e. The predicted molar refractivity (Wildman–Crippen MR) is 78.2 cm³/mol. The molecule has 1 aliphatic heterocycles. The molecule has 0 unspecified atom stereocenters. The second-order valence-electron chi connectivity index (χ2n) is 5.39. The molecule has 0 bridgehead atoms. The van der Waals surface area contributed by atoms with Crippen LogP contribution in [-0.4, -0.2) is 59.5 Å². The van der Waals surface area contributed by atoms with Gasteiger partial charge in [-0.05, 0) is 33.9 Å². The predicted octanol–water partition coefficient (Wildman–Crippen LogP) is 1.43. The van der Waals surface area contributed by atoms with Crippen LogP contribution in [0.4, 0.5) is 5.82 Å². The zero-order valence-electron chi connectivity index (χ0n) is 12.3. The zero-order valence-corrected chi connectivity index (χ0v) is 12.3. The van der Waals surface area contributed by atoms with Gasteiger partial charge in [0.1, 0.15) is 5.82 Å². The molecule has 5 heteroatoms. The zero-order chi connectivity index (χ0) is 13.7. The standard InChI is InChI=1S/C14H25N5/c1-4-15-14-10-16-12(9-17-14)11-19-7-5-13(6-8-19)18(2)3/h9-10,13H,4-8,11H2,1-3H3,(H,15,17). The van der Waals surface area contributed by atoms with Gasteiger partial charge >= 0.3 is 0 Å². The molecule has 5 nitrogen and oxygen atoms in total. The van der Waals surface area contributed by atoms with Gasteiger partial charge in [0.05, 0.1) is 18.1 Å². The van der Waals surface area contributed by atoms with Gasteiger partial charge in [0, 0.05) is 32.2 Å². The fraction of sp³-hybridized carbons (Fsp3) is 0.714. The van der Waals surface area contributed by atoms with E-state index >= 15 is 0 Å². The van der Waals surface area contributed by atoms with E-state index in [1.54, 1.807) is 0 Å². The Bertz CT molecular complexity index is 368. The maximum atomic E-state index is 4.47. The first-order valence-electron chi connectivity index (χ1n) is 7.12. The monoisotopic (exact) mass is 263 g/mol.